The zero-order valence-corrected chi connectivity index (χ0v) is 10.5. The van der Waals surface area contributed by atoms with E-state index in [9.17, 15) is 8.42 Å². The van der Waals surface area contributed by atoms with Crippen LogP contribution >= 0.6 is 11.3 Å². The monoisotopic (exact) mass is 255 g/mol. The first-order chi connectivity index (χ1) is 7.64. The lowest BCUT2D eigenvalue weighted by atomic mass is 10.0. The fraction of sp³-hybridized carbons (Fsp3) is 0.545. The molecule has 16 heavy (non-hydrogen) atoms. The predicted octanol–water partition coefficient (Wildman–Crippen LogP) is 3.41. The molecular formula is C11H13NO2S2. The van der Waals surface area contributed by atoms with Crippen LogP contribution in [0.2, 0.25) is 0 Å². The van der Waals surface area contributed by atoms with Crippen molar-refractivity contribution >= 4 is 26.2 Å². The van der Waals surface area contributed by atoms with Gasteiger partial charge in [-0.15, -0.1) is 11.3 Å². The SMILES string of the molecule is [C-]#[N+]c1ccc(S(=O)(=O)C2CCCCC2)s1. The minimum absolute atomic E-state index is 0.224. The lowest BCUT2D eigenvalue weighted by molar-refractivity contribution is 0.484. The Hall–Kier alpha value is -0.860. The van der Waals surface area contributed by atoms with Gasteiger partial charge in [-0.2, -0.15) is 0 Å². The Bertz CT molecular complexity index is 504. The van der Waals surface area contributed by atoms with Gasteiger partial charge in [0.1, 0.15) is 4.21 Å². The third kappa shape index (κ3) is 2.13. The van der Waals surface area contributed by atoms with E-state index in [1.807, 2.05) is 0 Å². The van der Waals surface area contributed by atoms with Crippen molar-refractivity contribution in [3.05, 3.63) is 23.5 Å². The molecule has 2 rings (SSSR count). The van der Waals surface area contributed by atoms with Gasteiger partial charge in [-0.05, 0) is 25.0 Å². The summed E-state index contributed by atoms with van der Waals surface area (Å²) in [6.07, 6.45) is 4.70. The maximum Gasteiger partial charge on any atom is 0.242 e. The van der Waals surface area contributed by atoms with Crippen molar-refractivity contribution in [3.8, 4) is 0 Å². The van der Waals surface area contributed by atoms with Crippen LogP contribution in [0.25, 0.3) is 4.85 Å². The summed E-state index contributed by atoms with van der Waals surface area (Å²) in [5, 5.41) is 0.230. The van der Waals surface area contributed by atoms with E-state index in [4.69, 9.17) is 6.57 Å². The predicted molar refractivity (Wildman–Crippen MR) is 64.6 cm³/mol. The van der Waals surface area contributed by atoms with Crippen molar-refractivity contribution in [3.63, 3.8) is 0 Å². The van der Waals surface area contributed by atoms with Gasteiger partial charge in [0.05, 0.1) is 11.8 Å². The van der Waals surface area contributed by atoms with Crippen LogP contribution in [0.15, 0.2) is 16.3 Å². The number of rotatable bonds is 2. The number of thiophene rings is 1. The molecular weight excluding hydrogens is 242 g/mol. The highest BCUT2D eigenvalue weighted by Gasteiger charge is 2.29. The molecule has 0 radical (unpaired) electrons. The zero-order valence-electron chi connectivity index (χ0n) is 8.85. The summed E-state index contributed by atoms with van der Waals surface area (Å²) in [4.78, 5) is 3.25. The van der Waals surface area contributed by atoms with E-state index in [1.165, 1.54) is 0 Å². The van der Waals surface area contributed by atoms with E-state index in [-0.39, 0.29) is 5.25 Å². The first-order valence-electron chi connectivity index (χ1n) is 5.36. The van der Waals surface area contributed by atoms with Crippen LogP contribution in [0.3, 0.4) is 0 Å². The van der Waals surface area contributed by atoms with Gasteiger partial charge in [0.15, 0.2) is 9.84 Å². The van der Waals surface area contributed by atoms with Crippen LogP contribution in [-0.4, -0.2) is 13.7 Å². The van der Waals surface area contributed by atoms with Crippen LogP contribution in [0, 0.1) is 6.57 Å². The maximum absolute atomic E-state index is 12.2. The molecule has 3 nitrogen and oxygen atoms in total. The van der Waals surface area contributed by atoms with Gasteiger partial charge in [0.2, 0.25) is 5.00 Å². The fourth-order valence-electron chi connectivity index (χ4n) is 2.06. The minimum Gasteiger partial charge on any atom is -0.227 e. The van der Waals surface area contributed by atoms with E-state index in [0.29, 0.717) is 9.21 Å². The van der Waals surface area contributed by atoms with Crippen LogP contribution in [0.4, 0.5) is 5.00 Å². The molecule has 0 atom stereocenters. The van der Waals surface area contributed by atoms with E-state index >= 15 is 0 Å². The van der Waals surface area contributed by atoms with Crippen molar-refractivity contribution in [2.24, 2.45) is 0 Å². The molecule has 0 saturated heterocycles. The molecule has 0 aromatic carbocycles. The molecule has 1 aliphatic carbocycles. The first kappa shape index (κ1) is 11.6. The summed E-state index contributed by atoms with van der Waals surface area (Å²) in [7, 11) is -3.18. The maximum atomic E-state index is 12.2. The van der Waals surface area contributed by atoms with Crippen LogP contribution < -0.4 is 0 Å². The molecule has 86 valence electrons. The molecule has 1 aliphatic rings. The second-order valence-corrected chi connectivity index (χ2v) is 7.53. The number of hydrogen-bond donors (Lipinski definition) is 0. The van der Waals surface area contributed by atoms with Gasteiger partial charge in [-0.25, -0.2) is 13.3 Å². The van der Waals surface area contributed by atoms with Crippen molar-refractivity contribution in [1.29, 1.82) is 0 Å². The van der Waals surface area contributed by atoms with Crippen LogP contribution in [-0.2, 0) is 9.84 Å². The van der Waals surface area contributed by atoms with Crippen molar-refractivity contribution < 1.29 is 8.42 Å². The third-order valence-corrected chi connectivity index (χ3v) is 6.72. The molecule has 1 fully saturated rings. The average Bonchev–Trinajstić information content (AvgIpc) is 2.79. The zero-order chi connectivity index (χ0) is 11.6. The molecule has 0 spiro atoms. The molecule has 5 heteroatoms. The van der Waals surface area contributed by atoms with E-state index in [0.717, 1.165) is 43.4 Å². The second-order valence-electron chi connectivity index (χ2n) is 4.01. The Morgan fingerprint density at radius 3 is 2.50 bits per heavy atom. The van der Waals surface area contributed by atoms with Crippen molar-refractivity contribution in [1.82, 2.24) is 0 Å². The molecule has 0 aliphatic heterocycles. The Morgan fingerprint density at radius 2 is 1.94 bits per heavy atom. The molecule has 1 aromatic heterocycles. The molecule has 1 saturated carbocycles. The van der Waals surface area contributed by atoms with Crippen LogP contribution in [0.1, 0.15) is 32.1 Å². The largest absolute Gasteiger partial charge is 0.242 e. The normalized spacial score (nSPS) is 18.2. The second kappa shape index (κ2) is 4.56. The number of nitrogens with zero attached hydrogens (tertiary/aromatic N) is 1. The molecule has 1 aromatic rings. The molecule has 0 N–H and O–H groups in total. The highest BCUT2D eigenvalue weighted by atomic mass is 32.2. The summed E-state index contributed by atoms with van der Waals surface area (Å²) < 4.78 is 24.8. The first-order valence-corrected chi connectivity index (χ1v) is 7.72. The van der Waals surface area contributed by atoms with Gasteiger partial charge < -0.3 is 0 Å². The minimum atomic E-state index is -3.18. The van der Waals surface area contributed by atoms with E-state index in [1.54, 1.807) is 12.1 Å². The summed E-state index contributed by atoms with van der Waals surface area (Å²) in [5.41, 5.74) is 0. The Balaban J connectivity index is 2.27. The summed E-state index contributed by atoms with van der Waals surface area (Å²) in [6.45, 7) is 6.85. The quantitative estimate of drug-likeness (QED) is 0.760. The van der Waals surface area contributed by atoms with Crippen LogP contribution in [0.5, 0.6) is 0 Å². The Morgan fingerprint density at radius 1 is 1.25 bits per heavy atom. The lowest BCUT2D eigenvalue weighted by Gasteiger charge is -2.20. The summed E-state index contributed by atoms with van der Waals surface area (Å²) in [6, 6.07) is 3.16. The highest BCUT2D eigenvalue weighted by Crippen LogP contribution is 2.34. The summed E-state index contributed by atoms with van der Waals surface area (Å²) >= 11 is 1.09. The fourth-order valence-corrected chi connectivity index (χ4v) is 5.26. The molecule has 1 heterocycles. The lowest BCUT2D eigenvalue weighted by Crippen LogP contribution is -2.23. The standard InChI is InChI=1S/C11H13NO2S2/c1-12-10-7-8-11(15-10)16(13,14)9-5-3-2-4-6-9/h7-9H,2-6H2. The van der Waals surface area contributed by atoms with Gasteiger partial charge in [-0.3, -0.25) is 0 Å². The van der Waals surface area contributed by atoms with Gasteiger partial charge >= 0.3 is 0 Å². The summed E-state index contributed by atoms with van der Waals surface area (Å²) in [5.74, 6) is 0. The van der Waals surface area contributed by atoms with Gasteiger partial charge in [0, 0.05) is 0 Å². The Kier molecular flexibility index (Phi) is 3.31. The van der Waals surface area contributed by atoms with Crippen molar-refractivity contribution in [2.45, 2.75) is 41.6 Å². The van der Waals surface area contributed by atoms with E-state index < -0.39 is 9.84 Å². The average molecular weight is 255 g/mol. The Labute approximate surface area is 99.8 Å². The molecule has 0 bridgehead atoms. The smallest absolute Gasteiger partial charge is 0.227 e. The number of sulfone groups is 1. The van der Waals surface area contributed by atoms with Gasteiger partial charge in [0.25, 0.3) is 0 Å². The highest BCUT2D eigenvalue weighted by molar-refractivity contribution is 7.94. The topological polar surface area (TPSA) is 38.5 Å². The molecule has 0 amide bonds. The number of hydrogen-bond acceptors (Lipinski definition) is 3. The third-order valence-electron chi connectivity index (χ3n) is 2.95. The molecule has 0 unspecified atom stereocenters. The van der Waals surface area contributed by atoms with Crippen molar-refractivity contribution in [2.75, 3.05) is 0 Å². The van der Waals surface area contributed by atoms with E-state index in [2.05, 4.69) is 4.85 Å². The van der Waals surface area contributed by atoms with Gasteiger partial charge in [-0.1, -0.05) is 19.3 Å².